The van der Waals surface area contributed by atoms with Crippen LogP contribution in [0.3, 0.4) is 0 Å². The first kappa shape index (κ1) is 14.8. The summed E-state index contributed by atoms with van der Waals surface area (Å²) in [6.07, 6.45) is 0. The van der Waals surface area contributed by atoms with Crippen LogP contribution in [0.2, 0.25) is 0 Å². The first-order valence-corrected chi connectivity index (χ1v) is 6.98. The number of hydrogen-bond donors (Lipinski definition) is 2. The minimum atomic E-state index is -0.865. The molecule has 1 saturated heterocycles. The highest BCUT2D eigenvalue weighted by atomic mass is 79.9. The summed E-state index contributed by atoms with van der Waals surface area (Å²) < 4.78 is 0.706. The molecule has 1 fully saturated rings. The molecule has 20 heavy (non-hydrogen) atoms. The van der Waals surface area contributed by atoms with Crippen molar-refractivity contribution >= 4 is 27.8 Å². The van der Waals surface area contributed by atoms with Crippen LogP contribution in [-0.2, 0) is 4.79 Å². The van der Waals surface area contributed by atoms with E-state index >= 15 is 0 Å². The molecule has 0 unspecified atom stereocenters. The summed E-state index contributed by atoms with van der Waals surface area (Å²) in [7, 11) is 0. The third-order valence-corrected chi connectivity index (χ3v) is 3.70. The zero-order chi connectivity index (χ0) is 14.7. The fraction of sp³-hybridized carbons (Fsp3) is 0.385. The molecule has 0 bridgehead atoms. The highest BCUT2D eigenvalue weighted by Crippen LogP contribution is 2.24. The summed E-state index contributed by atoms with van der Waals surface area (Å²) in [6.45, 7) is 1.96. The van der Waals surface area contributed by atoms with Crippen molar-refractivity contribution in [1.82, 2.24) is 9.80 Å². The van der Waals surface area contributed by atoms with Crippen molar-refractivity contribution < 1.29 is 19.8 Å². The van der Waals surface area contributed by atoms with Crippen LogP contribution in [0.5, 0.6) is 5.75 Å². The molecule has 0 atom stereocenters. The summed E-state index contributed by atoms with van der Waals surface area (Å²) in [5.74, 6) is -1.15. The van der Waals surface area contributed by atoms with Crippen molar-refractivity contribution in [3.05, 3.63) is 28.2 Å². The zero-order valence-electron chi connectivity index (χ0n) is 10.8. The average molecular weight is 343 g/mol. The van der Waals surface area contributed by atoms with Crippen LogP contribution in [0.1, 0.15) is 10.4 Å². The maximum Gasteiger partial charge on any atom is 0.317 e. The van der Waals surface area contributed by atoms with Gasteiger partial charge in [0.25, 0.3) is 5.91 Å². The maximum atomic E-state index is 12.3. The second-order valence-corrected chi connectivity index (χ2v) is 5.54. The fourth-order valence-corrected chi connectivity index (χ4v) is 2.51. The summed E-state index contributed by atoms with van der Waals surface area (Å²) in [5.41, 5.74) is 0.264. The second kappa shape index (κ2) is 6.23. The van der Waals surface area contributed by atoms with Crippen LogP contribution < -0.4 is 0 Å². The Hall–Kier alpha value is -1.60. The van der Waals surface area contributed by atoms with Gasteiger partial charge in [-0.3, -0.25) is 14.5 Å². The van der Waals surface area contributed by atoms with Gasteiger partial charge in [-0.15, -0.1) is 0 Å². The van der Waals surface area contributed by atoms with Crippen LogP contribution in [0.4, 0.5) is 0 Å². The number of hydrogen-bond acceptors (Lipinski definition) is 4. The molecule has 1 aliphatic rings. The summed E-state index contributed by atoms with van der Waals surface area (Å²) in [5, 5.41) is 18.5. The third kappa shape index (κ3) is 3.49. The van der Waals surface area contributed by atoms with Gasteiger partial charge >= 0.3 is 5.97 Å². The van der Waals surface area contributed by atoms with E-state index in [0.29, 0.717) is 30.7 Å². The molecule has 2 N–H and O–H groups in total. The van der Waals surface area contributed by atoms with E-state index in [2.05, 4.69) is 15.9 Å². The minimum Gasteiger partial charge on any atom is -0.507 e. The van der Waals surface area contributed by atoms with Crippen molar-refractivity contribution in [3.63, 3.8) is 0 Å². The Bertz CT molecular complexity index is 527. The van der Waals surface area contributed by atoms with Crippen LogP contribution in [0, 0.1) is 0 Å². The van der Waals surface area contributed by atoms with Gasteiger partial charge in [-0.25, -0.2) is 0 Å². The lowest BCUT2D eigenvalue weighted by Gasteiger charge is -2.33. The molecule has 0 aromatic heterocycles. The number of carbonyl (C=O) groups excluding carboxylic acids is 1. The van der Waals surface area contributed by atoms with E-state index in [1.165, 1.54) is 6.07 Å². The Morgan fingerprint density at radius 1 is 1.20 bits per heavy atom. The van der Waals surface area contributed by atoms with E-state index in [-0.39, 0.29) is 23.8 Å². The molecular formula is C13H15BrN2O4. The summed E-state index contributed by atoms with van der Waals surface area (Å²) in [6, 6.07) is 4.76. The van der Waals surface area contributed by atoms with E-state index in [1.54, 1.807) is 21.9 Å². The van der Waals surface area contributed by atoms with Crippen molar-refractivity contribution in [2.75, 3.05) is 32.7 Å². The molecule has 0 spiro atoms. The van der Waals surface area contributed by atoms with Gasteiger partial charge in [-0.1, -0.05) is 15.9 Å². The first-order chi connectivity index (χ1) is 9.47. The monoisotopic (exact) mass is 342 g/mol. The van der Waals surface area contributed by atoms with Crippen molar-refractivity contribution in [3.8, 4) is 5.75 Å². The lowest BCUT2D eigenvalue weighted by molar-refractivity contribution is -0.138. The number of carboxylic acids is 1. The number of carboxylic acid groups (broad SMARTS) is 1. The molecule has 1 aromatic carbocycles. The topological polar surface area (TPSA) is 81.1 Å². The SMILES string of the molecule is O=C(O)CN1CCN(C(=O)c2ccc(Br)cc2O)CC1. The number of halogens is 1. The number of carbonyl (C=O) groups is 2. The number of nitrogens with zero attached hydrogens (tertiary/aromatic N) is 2. The number of amides is 1. The Morgan fingerprint density at radius 3 is 2.40 bits per heavy atom. The van der Waals surface area contributed by atoms with Gasteiger partial charge in [0.05, 0.1) is 12.1 Å². The van der Waals surface area contributed by atoms with Crippen LogP contribution in [0.25, 0.3) is 0 Å². The molecule has 1 heterocycles. The van der Waals surface area contributed by atoms with E-state index in [1.807, 2.05) is 0 Å². The molecule has 2 rings (SSSR count). The largest absolute Gasteiger partial charge is 0.507 e. The maximum absolute atomic E-state index is 12.3. The molecule has 0 saturated carbocycles. The van der Waals surface area contributed by atoms with Crippen LogP contribution in [0.15, 0.2) is 22.7 Å². The predicted octanol–water partition coefficient (Wildman–Crippen LogP) is 0.997. The molecule has 0 aliphatic carbocycles. The average Bonchev–Trinajstić information content (AvgIpc) is 2.38. The molecule has 1 amide bonds. The van der Waals surface area contributed by atoms with E-state index in [4.69, 9.17) is 5.11 Å². The number of phenolic OH excluding ortho intramolecular Hbond substituents is 1. The lowest BCUT2D eigenvalue weighted by atomic mass is 10.1. The fourth-order valence-electron chi connectivity index (χ4n) is 2.16. The molecular weight excluding hydrogens is 328 g/mol. The van der Waals surface area contributed by atoms with Gasteiger partial charge in [0.1, 0.15) is 5.75 Å². The molecule has 7 heteroatoms. The van der Waals surface area contributed by atoms with Crippen molar-refractivity contribution in [2.24, 2.45) is 0 Å². The Balaban J connectivity index is 1.99. The van der Waals surface area contributed by atoms with Crippen molar-refractivity contribution in [1.29, 1.82) is 0 Å². The minimum absolute atomic E-state index is 0.00837. The quantitative estimate of drug-likeness (QED) is 0.856. The third-order valence-electron chi connectivity index (χ3n) is 3.21. The summed E-state index contributed by atoms with van der Waals surface area (Å²) in [4.78, 5) is 26.3. The zero-order valence-corrected chi connectivity index (χ0v) is 12.3. The number of aliphatic carboxylic acids is 1. The normalized spacial score (nSPS) is 16.1. The van der Waals surface area contributed by atoms with E-state index < -0.39 is 5.97 Å². The number of benzene rings is 1. The highest BCUT2D eigenvalue weighted by Gasteiger charge is 2.24. The lowest BCUT2D eigenvalue weighted by Crippen LogP contribution is -2.49. The standard InChI is InChI=1S/C13H15BrN2O4/c14-9-1-2-10(11(17)7-9)13(20)16-5-3-15(4-6-16)8-12(18)19/h1-2,7,17H,3-6,8H2,(H,18,19). The first-order valence-electron chi connectivity index (χ1n) is 6.19. The van der Waals surface area contributed by atoms with Gasteiger partial charge in [0, 0.05) is 30.7 Å². The highest BCUT2D eigenvalue weighted by molar-refractivity contribution is 9.10. The number of phenols is 1. The number of piperazine rings is 1. The van der Waals surface area contributed by atoms with Gasteiger partial charge in [-0.2, -0.15) is 0 Å². The van der Waals surface area contributed by atoms with Crippen LogP contribution >= 0.6 is 15.9 Å². The molecule has 1 aromatic rings. The van der Waals surface area contributed by atoms with Gasteiger partial charge in [-0.05, 0) is 18.2 Å². The predicted molar refractivity (Wildman–Crippen MR) is 75.8 cm³/mol. The number of aromatic hydroxyl groups is 1. The smallest absolute Gasteiger partial charge is 0.317 e. The van der Waals surface area contributed by atoms with E-state index in [0.717, 1.165) is 0 Å². The van der Waals surface area contributed by atoms with Gasteiger partial charge in [0.15, 0.2) is 0 Å². The summed E-state index contributed by atoms with van der Waals surface area (Å²) >= 11 is 3.22. The number of rotatable bonds is 3. The Labute approximate surface area is 124 Å². The molecule has 108 valence electrons. The second-order valence-electron chi connectivity index (χ2n) is 4.62. The molecule has 1 aliphatic heterocycles. The van der Waals surface area contributed by atoms with E-state index in [9.17, 15) is 14.7 Å². The van der Waals surface area contributed by atoms with Crippen LogP contribution in [-0.4, -0.2) is 64.6 Å². The van der Waals surface area contributed by atoms with Gasteiger partial charge in [0.2, 0.25) is 0 Å². The molecule has 0 radical (unpaired) electrons. The Kier molecular flexibility index (Phi) is 4.61. The van der Waals surface area contributed by atoms with Crippen molar-refractivity contribution in [2.45, 2.75) is 0 Å². The van der Waals surface area contributed by atoms with Gasteiger partial charge < -0.3 is 15.1 Å². The Morgan fingerprint density at radius 2 is 1.85 bits per heavy atom. The molecule has 6 nitrogen and oxygen atoms in total.